The van der Waals surface area contributed by atoms with Crippen molar-refractivity contribution < 1.29 is 8.42 Å². The number of nitrogens with one attached hydrogen (secondary N) is 1. The fourth-order valence-electron chi connectivity index (χ4n) is 2.66. The Kier molecular flexibility index (Phi) is 3.33. The highest BCUT2D eigenvalue weighted by Crippen LogP contribution is 2.31. The van der Waals surface area contributed by atoms with Gasteiger partial charge in [-0.25, -0.2) is 8.42 Å². The van der Waals surface area contributed by atoms with Gasteiger partial charge in [-0.3, -0.25) is 9.10 Å². The minimum atomic E-state index is -3.83. The van der Waals surface area contributed by atoms with Crippen LogP contribution in [0.2, 0.25) is 0 Å². The summed E-state index contributed by atoms with van der Waals surface area (Å²) < 4.78 is 26.9. The quantitative estimate of drug-likeness (QED) is 0.920. The van der Waals surface area contributed by atoms with Crippen LogP contribution in [0.15, 0.2) is 46.3 Å². The van der Waals surface area contributed by atoms with Gasteiger partial charge in [0.15, 0.2) is 4.90 Å². The molecule has 0 unspecified atom stereocenters. The molecule has 1 aromatic carbocycles. The van der Waals surface area contributed by atoms with Crippen LogP contribution < -0.4 is 9.73 Å². The zero-order valence-corrected chi connectivity index (χ0v) is 12.5. The first-order valence-electron chi connectivity index (χ1n) is 6.79. The van der Waals surface area contributed by atoms with Gasteiger partial charge in [-0.1, -0.05) is 17.7 Å². The van der Waals surface area contributed by atoms with E-state index in [4.69, 9.17) is 0 Å². The summed E-state index contributed by atoms with van der Waals surface area (Å²) in [7, 11) is -3.83. The second-order valence-corrected chi connectivity index (χ2v) is 7.02. The molecule has 0 spiro atoms. The Labute approximate surface area is 123 Å². The molecule has 0 radical (unpaired) electrons. The van der Waals surface area contributed by atoms with E-state index in [1.165, 1.54) is 22.8 Å². The summed E-state index contributed by atoms with van der Waals surface area (Å²) in [6, 6.07) is 6.94. The van der Waals surface area contributed by atoms with E-state index in [0.29, 0.717) is 12.2 Å². The van der Waals surface area contributed by atoms with Crippen molar-refractivity contribution >= 4 is 15.7 Å². The van der Waals surface area contributed by atoms with E-state index in [-0.39, 0.29) is 4.90 Å². The van der Waals surface area contributed by atoms with E-state index in [9.17, 15) is 13.2 Å². The molecule has 21 heavy (non-hydrogen) atoms. The number of aryl methyl sites for hydroxylation is 2. The molecule has 0 saturated heterocycles. The third kappa shape index (κ3) is 2.35. The first-order chi connectivity index (χ1) is 10.00. The fraction of sp³-hybridized carbons (Fsp3) is 0.267. The third-order valence-corrected chi connectivity index (χ3v) is 5.50. The highest BCUT2D eigenvalue weighted by molar-refractivity contribution is 7.92. The van der Waals surface area contributed by atoms with E-state index in [0.717, 1.165) is 24.0 Å². The summed E-state index contributed by atoms with van der Waals surface area (Å²) in [6.45, 7) is 2.38. The second-order valence-electron chi connectivity index (χ2n) is 5.19. The fourth-order valence-corrected chi connectivity index (χ4v) is 4.25. The number of aromatic nitrogens is 1. The van der Waals surface area contributed by atoms with Gasteiger partial charge in [0.1, 0.15) is 0 Å². The summed E-state index contributed by atoms with van der Waals surface area (Å²) in [5, 5.41) is 0. The van der Waals surface area contributed by atoms with Gasteiger partial charge in [-0.2, -0.15) is 0 Å². The first-order valence-corrected chi connectivity index (χ1v) is 8.23. The summed E-state index contributed by atoms with van der Waals surface area (Å²) >= 11 is 0. The number of H-pyrrole nitrogens is 1. The zero-order chi connectivity index (χ0) is 15.0. The van der Waals surface area contributed by atoms with Gasteiger partial charge in [0.25, 0.3) is 10.0 Å². The highest BCUT2D eigenvalue weighted by atomic mass is 32.2. The molecule has 0 saturated carbocycles. The SMILES string of the molecule is Cc1ccc2c(c1)CCCN2S(=O)(=O)c1c[nH]ccc1=O. The van der Waals surface area contributed by atoms with Crippen molar-refractivity contribution in [1.82, 2.24) is 4.98 Å². The summed E-state index contributed by atoms with van der Waals surface area (Å²) in [4.78, 5) is 14.3. The largest absolute Gasteiger partial charge is 0.366 e. The molecule has 1 N–H and O–H groups in total. The lowest BCUT2D eigenvalue weighted by molar-refractivity contribution is 0.585. The molecular formula is C15H16N2O3S. The van der Waals surface area contributed by atoms with Crippen LogP contribution in [0.25, 0.3) is 0 Å². The average molecular weight is 304 g/mol. The van der Waals surface area contributed by atoms with Crippen molar-refractivity contribution in [3.63, 3.8) is 0 Å². The Balaban J connectivity index is 2.14. The van der Waals surface area contributed by atoms with Crippen molar-refractivity contribution in [3.8, 4) is 0 Å². The second kappa shape index (κ2) is 5.04. The number of hydrogen-bond donors (Lipinski definition) is 1. The molecule has 6 heteroatoms. The summed E-state index contributed by atoms with van der Waals surface area (Å²) in [5.74, 6) is 0. The van der Waals surface area contributed by atoms with Crippen LogP contribution >= 0.6 is 0 Å². The Morgan fingerprint density at radius 3 is 2.81 bits per heavy atom. The van der Waals surface area contributed by atoms with Crippen molar-refractivity contribution in [2.24, 2.45) is 0 Å². The van der Waals surface area contributed by atoms with Gasteiger partial charge < -0.3 is 4.98 Å². The standard InChI is InChI=1S/C15H16N2O3S/c1-11-4-5-13-12(9-11)3-2-8-17(13)21(19,20)15-10-16-7-6-14(15)18/h4-7,9-10H,2-3,8H2,1H3,(H,16,18). The number of rotatable bonds is 2. The van der Waals surface area contributed by atoms with Crippen molar-refractivity contribution in [1.29, 1.82) is 0 Å². The minimum Gasteiger partial charge on any atom is -0.366 e. The molecule has 2 heterocycles. The van der Waals surface area contributed by atoms with E-state index in [2.05, 4.69) is 4.98 Å². The van der Waals surface area contributed by atoms with E-state index in [1.54, 1.807) is 0 Å². The Morgan fingerprint density at radius 1 is 1.24 bits per heavy atom. The minimum absolute atomic E-state index is 0.210. The van der Waals surface area contributed by atoms with Gasteiger partial charge in [-0.15, -0.1) is 0 Å². The molecule has 0 atom stereocenters. The molecule has 1 aromatic heterocycles. The maximum atomic E-state index is 12.8. The van der Waals surface area contributed by atoms with Crippen LogP contribution in [0.5, 0.6) is 0 Å². The normalized spacial score (nSPS) is 14.8. The molecule has 1 aliphatic heterocycles. The maximum absolute atomic E-state index is 12.8. The lowest BCUT2D eigenvalue weighted by Crippen LogP contribution is -2.37. The number of anilines is 1. The average Bonchev–Trinajstić information content (AvgIpc) is 2.46. The molecular weight excluding hydrogens is 288 g/mol. The number of sulfonamides is 1. The molecule has 0 aliphatic carbocycles. The molecule has 5 nitrogen and oxygen atoms in total. The molecule has 0 amide bonds. The van der Waals surface area contributed by atoms with E-state index < -0.39 is 15.5 Å². The Morgan fingerprint density at radius 2 is 2.05 bits per heavy atom. The van der Waals surface area contributed by atoms with E-state index in [1.807, 2.05) is 25.1 Å². The van der Waals surface area contributed by atoms with Crippen molar-refractivity contribution in [2.45, 2.75) is 24.7 Å². The molecule has 3 rings (SSSR count). The number of benzene rings is 1. The smallest absolute Gasteiger partial charge is 0.269 e. The zero-order valence-electron chi connectivity index (χ0n) is 11.7. The van der Waals surface area contributed by atoms with Gasteiger partial charge >= 0.3 is 0 Å². The molecule has 0 bridgehead atoms. The van der Waals surface area contributed by atoms with Gasteiger partial charge in [0.05, 0.1) is 5.69 Å². The van der Waals surface area contributed by atoms with Gasteiger partial charge in [-0.05, 0) is 31.4 Å². The first kappa shape index (κ1) is 13.9. The van der Waals surface area contributed by atoms with Crippen LogP contribution in [0.3, 0.4) is 0 Å². The van der Waals surface area contributed by atoms with Gasteiger partial charge in [0.2, 0.25) is 5.43 Å². The van der Waals surface area contributed by atoms with Crippen LogP contribution in [0.1, 0.15) is 17.5 Å². The number of hydrogen-bond acceptors (Lipinski definition) is 3. The predicted molar refractivity (Wildman–Crippen MR) is 81.1 cm³/mol. The summed E-state index contributed by atoms with van der Waals surface area (Å²) in [5.41, 5.74) is 2.30. The molecule has 0 fully saturated rings. The number of pyridine rings is 1. The highest BCUT2D eigenvalue weighted by Gasteiger charge is 2.30. The van der Waals surface area contributed by atoms with Crippen molar-refractivity contribution in [3.05, 3.63) is 58.0 Å². The molecule has 1 aliphatic rings. The van der Waals surface area contributed by atoms with Crippen molar-refractivity contribution in [2.75, 3.05) is 10.8 Å². The van der Waals surface area contributed by atoms with Crippen LogP contribution in [-0.4, -0.2) is 19.9 Å². The third-order valence-electron chi connectivity index (χ3n) is 3.67. The summed E-state index contributed by atoms with van der Waals surface area (Å²) in [6.07, 6.45) is 4.28. The monoisotopic (exact) mass is 304 g/mol. The van der Waals surface area contributed by atoms with Crippen LogP contribution in [-0.2, 0) is 16.4 Å². The lowest BCUT2D eigenvalue weighted by Gasteiger charge is -2.30. The number of fused-ring (bicyclic) bond motifs is 1. The number of nitrogens with zero attached hydrogens (tertiary/aromatic N) is 1. The molecule has 2 aromatic rings. The Bertz CT molecular complexity index is 840. The lowest BCUT2D eigenvalue weighted by atomic mass is 10.0. The Hall–Kier alpha value is -2.08. The van der Waals surface area contributed by atoms with Crippen LogP contribution in [0, 0.1) is 6.92 Å². The van der Waals surface area contributed by atoms with E-state index >= 15 is 0 Å². The van der Waals surface area contributed by atoms with Gasteiger partial charge in [0, 0.05) is 25.0 Å². The molecule has 110 valence electrons. The predicted octanol–water partition coefficient (Wildman–Crippen LogP) is 1.82. The maximum Gasteiger partial charge on any atom is 0.269 e. The van der Waals surface area contributed by atoms with Crippen LogP contribution in [0.4, 0.5) is 5.69 Å². The topological polar surface area (TPSA) is 70.2 Å². The number of aromatic amines is 1.